The van der Waals surface area contributed by atoms with Crippen LogP contribution >= 0.6 is 0 Å². The lowest BCUT2D eigenvalue weighted by Gasteiger charge is -2.33. The van der Waals surface area contributed by atoms with Gasteiger partial charge in [-0.05, 0) is 75.4 Å². The summed E-state index contributed by atoms with van der Waals surface area (Å²) in [5.74, 6) is -0.735. The number of alkyl carbamates (subject to hydrolysis) is 1. The Bertz CT molecular complexity index is 984. The van der Waals surface area contributed by atoms with E-state index in [9.17, 15) is 18.4 Å². The minimum absolute atomic E-state index is 0.0669. The van der Waals surface area contributed by atoms with Crippen LogP contribution in [0.3, 0.4) is 0 Å². The summed E-state index contributed by atoms with van der Waals surface area (Å²) >= 11 is 0. The lowest BCUT2D eigenvalue weighted by molar-refractivity contribution is -0.121. The van der Waals surface area contributed by atoms with E-state index in [1.54, 1.807) is 45.0 Å². The van der Waals surface area contributed by atoms with Crippen molar-refractivity contribution in [2.24, 2.45) is 0 Å². The number of rotatable bonds is 8. The molecule has 0 saturated carbocycles. The SMILES string of the molecule is CC(C)(C)OC(=O)N[C@@H](CCN1CCC(NC(=O)Cc2ccc(F)cc2)CC1)c1cccc(F)c1. The van der Waals surface area contributed by atoms with Gasteiger partial charge in [0.05, 0.1) is 12.5 Å². The molecule has 1 aliphatic rings. The Morgan fingerprint density at radius 3 is 2.37 bits per heavy atom. The van der Waals surface area contributed by atoms with Crippen LogP contribution in [0.25, 0.3) is 0 Å². The minimum Gasteiger partial charge on any atom is -0.444 e. The van der Waals surface area contributed by atoms with Crippen molar-refractivity contribution in [3.05, 3.63) is 71.3 Å². The normalized spacial score (nSPS) is 15.9. The van der Waals surface area contributed by atoms with Crippen LogP contribution in [0.4, 0.5) is 13.6 Å². The maximum Gasteiger partial charge on any atom is 0.408 e. The molecular weight excluding hydrogens is 452 g/mol. The number of hydrogen-bond donors (Lipinski definition) is 2. The first kappa shape index (κ1) is 26.6. The van der Waals surface area contributed by atoms with E-state index in [0.717, 1.165) is 31.5 Å². The van der Waals surface area contributed by atoms with Crippen LogP contribution in [0.1, 0.15) is 57.2 Å². The van der Waals surface area contributed by atoms with Crippen LogP contribution in [-0.4, -0.2) is 48.2 Å². The van der Waals surface area contributed by atoms with Gasteiger partial charge in [0.15, 0.2) is 0 Å². The molecule has 1 saturated heterocycles. The van der Waals surface area contributed by atoms with Crippen LogP contribution in [0.15, 0.2) is 48.5 Å². The highest BCUT2D eigenvalue weighted by Crippen LogP contribution is 2.21. The van der Waals surface area contributed by atoms with E-state index in [0.29, 0.717) is 18.5 Å². The van der Waals surface area contributed by atoms with E-state index in [-0.39, 0.29) is 36.0 Å². The van der Waals surface area contributed by atoms with Crippen molar-refractivity contribution < 1.29 is 23.1 Å². The lowest BCUT2D eigenvalue weighted by atomic mass is 10.0. The molecule has 8 heteroatoms. The molecule has 0 unspecified atom stereocenters. The van der Waals surface area contributed by atoms with Crippen molar-refractivity contribution in [3.8, 4) is 0 Å². The Morgan fingerprint density at radius 2 is 1.74 bits per heavy atom. The number of nitrogens with zero attached hydrogens (tertiary/aromatic N) is 1. The molecule has 3 rings (SSSR count). The number of piperidine rings is 1. The number of hydrogen-bond acceptors (Lipinski definition) is 4. The molecule has 0 aliphatic carbocycles. The Kier molecular flexibility index (Phi) is 9.20. The number of nitrogens with one attached hydrogen (secondary N) is 2. The molecule has 6 nitrogen and oxygen atoms in total. The van der Waals surface area contributed by atoms with E-state index in [2.05, 4.69) is 15.5 Å². The van der Waals surface area contributed by atoms with E-state index in [4.69, 9.17) is 4.74 Å². The zero-order valence-corrected chi connectivity index (χ0v) is 20.7. The molecule has 2 aromatic rings. The third kappa shape index (κ3) is 9.28. The van der Waals surface area contributed by atoms with Gasteiger partial charge in [-0.3, -0.25) is 4.79 Å². The second kappa shape index (κ2) is 12.1. The summed E-state index contributed by atoms with van der Waals surface area (Å²) in [5.41, 5.74) is 0.848. The summed E-state index contributed by atoms with van der Waals surface area (Å²) in [4.78, 5) is 27.0. The highest BCUT2D eigenvalue weighted by atomic mass is 19.1. The molecule has 0 radical (unpaired) electrons. The fourth-order valence-electron chi connectivity index (χ4n) is 4.17. The average molecular weight is 488 g/mol. The zero-order chi connectivity index (χ0) is 25.4. The number of carbonyl (C=O) groups is 2. The van der Waals surface area contributed by atoms with Crippen LogP contribution in [0.2, 0.25) is 0 Å². The molecule has 0 bridgehead atoms. The van der Waals surface area contributed by atoms with E-state index < -0.39 is 11.7 Å². The van der Waals surface area contributed by atoms with Gasteiger partial charge < -0.3 is 20.3 Å². The van der Waals surface area contributed by atoms with Gasteiger partial charge in [0.1, 0.15) is 17.2 Å². The zero-order valence-electron chi connectivity index (χ0n) is 20.7. The second-order valence-electron chi connectivity index (χ2n) is 10.0. The van der Waals surface area contributed by atoms with E-state index in [1.165, 1.54) is 24.3 Å². The largest absolute Gasteiger partial charge is 0.444 e. The number of ether oxygens (including phenoxy) is 1. The summed E-state index contributed by atoms with van der Waals surface area (Å²) in [6, 6.07) is 11.9. The van der Waals surface area contributed by atoms with Crippen LogP contribution < -0.4 is 10.6 Å². The lowest BCUT2D eigenvalue weighted by Crippen LogP contribution is -2.45. The summed E-state index contributed by atoms with van der Waals surface area (Å²) in [6.45, 7) is 7.73. The fraction of sp³-hybridized carbons (Fsp3) is 0.481. The molecule has 1 heterocycles. The van der Waals surface area contributed by atoms with Gasteiger partial charge >= 0.3 is 6.09 Å². The molecule has 35 heavy (non-hydrogen) atoms. The summed E-state index contributed by atoms with van der Waals surface area (Å²) in [5, 5.41) is 5.96. The van der Waals surface area contributed by atoms with Gasteiger partial charge in [-0.1, -0.05) is 24.3 Å². The van der Waals surface area contributed by atoms with Crippen LogP contribution in [0.5, 0.6) is 0 Å². The highest BCUT2D eigenvalue weighted by molar-refractivity contribution is 5.78. The molecule has 0 spiro atoms. The first-order valence-corrected chi connectivity index (χ1v) is 12.1. The van der Waals surface area contributed by atoms with Gasteiger partial charge in [0.25, 0.3) is 0 Å². The number of benzene rings is 2. The molecule has 0 aromatic heterocycles. The summed E-state index contributed by atoms with van der Waals surface area (Å²) < 4.78 is 32.3. The highest BCUT2D eigenvalue weighted by Gasteiger charge is 2.24. The molecule has 1 atom stereocenters. The van der Waals surface area contributed by atoms with Gasteiger partial charge in [0.2, 0.25) is 5.91 Å². The van der Waals surface area contributed by atoms with Gasteiger partial charge in [0, 0.05) is 25.7 Å². The molecule has 2 N–H and O–H groups in total. The number of carbonyl (C=O) groups excluding carboxylic acids is 2. The maximum atomic E-state index is 13.8. The predicted octanol–water partition coefficient (Wildman–Crippen LogP) is 4.74. The Morgan fingerprint density at radius 1 is 1.06 bits per heavy atom. The number of amides is 2. The fourth-order valence-corrected chi connectivity index (χ4v) is 4.17. The topological polar surface area (TPSA) is 70.7 Å². The van der Waals surface area contributed by atoms with Crippen molar-refractivity contribution >= 4 is 12.0 Å². The number of likely N-dealkylation sites (tertiary alicyclic amines) is 1. The monoisotopic (exact) mass is 487 g/mol. The Hall–Kier alpha value is -3.00. The quantitative estimate of drug-likeness (QED) is 0.564. The molecular formula is C27H35F2N3O3. The third-order valence-corrected chi connectivity index (χ3v) is 5.91. The first-order chi connectivity index (χ1) is 16.6. The maximum absolute atomic E-state index is 13.8. The molecule has 2 amide bonds. The second-order valence-corrected chi connectivity index (χ2v) is 10.0. The van der Waals surface area contributed by atoms with Crippen molar-refractivity contribution in [2.75, 3.05) is 19.6 Å². The van der Waals surface area contributed by atoms with Crippen molar-refractivity contribution in [2.45, 2.75) is 64.1 Å². The standard InChI is InChI=1S/C27H35F2N3O3/c1-27(2,3)35-26(34)31-24(20-5-4-6-22(29)18-20)13-16-32-14-11-23(12-15-32)30-25(33)17-19-7-9-21(28)10-8-19/h4-10,18,23-24H,11-17H2,1-3H3,(H,30,33)(H,31,34)/t24-/m0/s1. The van der Waals surface area contributed by atoms with Gasteiger partial charge in [-0.25, -0.2) is 13.6 Å². The Balaban J connectivity index is 1.48. The minimum atomic E-state index is -0.625. The molecule has 1 aliphatic heterocycles. The van der Waals surface area contributed by atoms with Crippen LogP contribution in [-0.2, 0) is 16.0 Å². The van der Waals surface area contributed by atoms with Gasteiger partial charge in [-0.15, -0.1) is 0 Å². The molecule has 1 fully saturated rings. The van der Waals surface area contributed by atoms with Crippen LogP contribution in [0, 0.1) is 11.6 Å². The van der Waals surface area contributed by atoms with E-state index >= 15 is 0 Å². The predicted molar refractivity (Wildman–Crippen MR) is 131 cm³/mol. The van der Waals surface area contributed by atoms with Crippen molar-refractivity contribution in [1.82, 2.24) is 15.5 Å². The van der Waals surface area contributed by atoms with Crippen molar-refractivity contribution in [3.63, 3.8) is 0 Å². The van der Waals surface area contributed by atoms with Crippen molar-refractivity contribution in [1.29, 1.82) is 0 Å². The smallest absolute Gasteiger partial charge is 0.408 e. The molecule has 2 aromatic carbocycles. The molecule has 190 valence electrons. The average Bonchev–Trinajstić information content (AvgIpc) is 2.78. The first-order valence-electron chi connectivity index (χ1n) is 12.1. The third-order valence-electron chi connectivity index (χ3n) is 5.91. The number of halogens is 2. The van der Waals surface area contributed by atoms with E-state index in [1.807, 2.05) is 0 Å². The summed E-state index contributed by atoms with van der Waals surface area (Å²) in [7, 11) is 0. The Labute approximate surface area is 206 Å². The van der Waals surface area contributed by atoms with Gasteiger partial charge in [-0.2, -0.15) is 0 Å². The summed E-state index contributed by atoms with van der Waals surface area (Å²) in [6.07, 6.45) is 1.93.